The van der Waals surface area contributed by atoms with Crippen LogP contribution in [0.15, 0.2) is 18.5 Å². The predicted molar refractivity (Wildman–Crippen MR) is 63.9 cm³/mol. The number of hydrogen-bond acceptors (Lipinski definition) is 3. The van der Waals surface area contributed by atoms with Crippen LogP contribution in [0.4, 0.5) is 5.82 Å². The molecule has 0 spiro atoms. The predicted octanol–water partition coefficient (Wildman–Crippen LogP) is 1.50. The molecule has 2 rings (SSSR count). The van der Waals surface area contributed by atoms with Crippen molar-refractivity contribution in [3.8, 4) is 0 Å². The number of carbonyl (C=O) groups is 1. The average Bonchev–Trinajstić information content (AvgIpc) is 2.26. The van der Waals surface area contributed by atoms with Crippen molar-refractivity contribution in [3.63, 3.8) is 0 Å². The molecule has 16 heavy (non-hydrogen) atoms. The largest absolute Gasteiger partial charge is 0.383 e. The number of pyridine rings is 1. The van der Waals surface area contributed by atoms with Gasteiger partial charge in [0.2, 0.25) is 5.91 Å². The van der Waals surface area contributed by atoms with E-state index >= 15 is 0 Å². The molecule has 1 aromatic heterocycles. The van der Waals surface area contributed by atoms with Crippen LogP contribution in [0, 0.1) is 0 Å². The van der Waals surface area contributed by atoms with Crippen molar-refractivity contribution in [2.45, 2.75) is 12.8 Å². The van der Waals surface area contributed by atoms with Crippen molar-refractivity contribution < 1.29 is 4.79 Å². The maximum atomic E-state index is 11.2. The van der Waals surface area contributed by atoms with E-state index in [-0.39, 0.29) is 5.91 Å². The van der Waals surface area contributed by atoms with E-state index in [1.54, 1.807) is 6.20 Å². The van der Waals surface area contributed by atoms with Gasteiger partial charge in [0.15, 0.2) is 0 Å². The Balaban J connectivity index is 2.23. The summed E-state index contributed by atoms with van der Waals surface area (Å²) in [6.45, 7) is 0. The van der Waals surface area contributed by atoms with Crippen LogP contribution in [0.5, 0.6) is 0 Å². The van der Waals surface area contributed by atoms with Crippen molar-refractivity contribution in [3.05, 3.63) is 29.6 Å². The zero-order valence-electron chi connectivity index (χ0n) is 9.53. The lowest BCUT2D eigenvalue weighted by molar-refractivity contribution is -0.116. The highest BCUT2D eigenvalue weighted by atomic mass is 16.1. The quantitative estimate of drug-likeness (QED) is 0.816. The lowest BCUT2D eigenvalue weighted by atomic mass is 10.0. The van der Waals surface area contributed by atoms with Crippen molar-refractivity contribution in [1.82, 2.24) is 9.88 Å². The number of aromatic nitrogens is 1. The Morgan fingerprint density at radius 2 is 2.25 bits per heavy atom. The fourth-order valence-corrected chi connectivity index (χ4v) is 1.60. The number of amides is 1. The van der Waals surface area contributed by atoms with Crippen molar-refractivity contribution in [2.75, 3.05) is 19.4 Å². The molecule has 4 heteroatoms. The van der Waals surface area contributed by atoms with Crippen LogP contribution in [-0.2, 0) is 11.2 Å². The molecule has 1 N–H and O–H groups in total. The van der Waals surface area contributed by atoms with Crippen LogP contribution < -0.4 is 5.32 Å². The number of fused-ring (bicyclic) bond motifs is 1. The molecule has 1 aliphatic rings. The summed E-state index contributed by atoms with van der Waals surface area (Å²) in [7, 11) is 3.95. The minimum atomic E-state index is 0.0524. The molecule has 0 aliphatic carbocycles. The van der Waals surface area contributed by atoms with Gasteiger partial charge in [-0.1, -0.05) is 0 Å². The Bertz CT molecular complexity index is 438. The SMILES string of the molecule is CN(C)/C=C/c1cnc2c(c1)CCC(=O)N2. The van der Waals surface area contributed by atoms with Gasteiger partial charge in [-0.15, -0.1) is 0 Å². The molecule has 0 fully saturated rings. The van der Waals surface area contributed by atoms with Gasteiger partial charge in [0.05, 0.1) is 0 Å². The third-order valence-corrected chi connectivity index (χ3v) is 2.43. The van der Waals surface area contributed by atoms with Crippen molar-refractivity contribution in [2.24, 2.45) is 0 Å². The van der Waals surface area contributed by atoms with E-state index in [4.69, 9.17) is 0 Å². The third kappa shape index (κ3) is 2.39. The summed E-state index contributed by atoms with van der Waals surface area (Å²) in [5, 5.41) is 2.77. The molecule has 0 unspecified atom stereocenters. The Morgan fingerprint density at radius 3 is 3.00 bits per heavy atom. The summed E-state index contributed by atoms with van der Waals surface area (Å²) in [4.78, 5) is 17.4. The van der Waals surface area contributed by atoms with Crippen molar-refractivity contribution >= 4 is 17.8 Å². The highest BCUT2D eigenvalue weighted by Crippen LogP contribution is 2.21. The first-order valence-corrected chi connectivity index (χ1v) is 5.28. The molecular weight excluding hydrogens is 202 g/mol. The molecule has 0 saturated carbocycles. The second-order valence-corrected chi connectivity index (χ2v) is 4.10. The van der Waals surface area contributed by atoms with Gasteiger partial charge in [-0.25, -0.2) is 4.98 Å². The van der Waals surface area contributed by atoms with Crippen LogP contribution >= 0.6 is 0 Å². The first-order valence-electron chi connectivity index (χ1n) is 5.28. The Morgan fingerprint density at radius 1 is 1.44 bits per heavy atom. The lowest BCUT2D eigenvalue weighted by Gasteiger charge is -2.15. The van der Waals surface area contributed by atoms with E-state index < -0.39 is 0 Å². The lowest BCUT2D eigenvalue weighted by Crippen LogP contribution is -2.20. The molecule has 1 aliphatic heterocycles. The van der Waals surface area contributed by atoms with Gasteiger partial charge in [0, 0.05) is 26.7 Å². The summed E-state index contributed by atoms with van der Waals surface area (Å²) in [6, 6.07) is 2.07. The fourth-order valence-electron chi connectivity index (χ4n) is 1.60. The Kier molecular flexibility index (Phi) is 2.90. The van der Waals surface area contributed by atoms with Crippen LogP contribution in [0.2, 0.25) is 0 Å². The number of nitrogens with zero attached hydrogens (tertiary/aromatic N) is 2. The van der Waals surface area contributed by atoms with Crippen LogP contribution in [0.25, 0.3) is 6.08 Å². The maximum Gasteiger partial charge on any atom is 0.225 e. The van der Waals surface area contributed by atoms with Gasteiger partial charge in [0.1, 0.15) is 5.82 Å². The molecule has 0 saturated heterocycles. The molecule has 1 amide bonds. The maximum absolute atomic E-state index is 11.2. The molecule has 0 aromatic carbocycles. The van der Waals surface area contributed by atoms with E-state index in [1.807, 2.05) is 31.3 Å². The van der Waals surface area contributed by atoms with Crippen LogP contribution in [-0.4, -0.2) is 29.9 Å². The van der Waals surface area contributed by atoms with E-state index in [1.165, 1.54) is 0 Å². The first kappa shape index (κ1) is 10.7. The number of nitrogens with one attached hydrogen (secondary N) is 1. The van der Waals surface area contributed by atoms with Gasteiger partial charge in [-0.05, 0) is 35.9 Å². The topological polar surface area (TPSA) is 45.2 Å². The molecule has 4 nitrogen and oxygen atoms in total. The molecule has 84 valence electrons. The third-order valence-electron chi connectivity index (χ3n) is 2.43. The second kappa shape index (κ2) is 4.35. The minimum absolute atomic E-state index is 0.0524. The normalized spacial score (nSPS) is 14.8. The number of rotatable bonds is 2. The zero-order chi connectivity index (χ0) is 11.5. The van der Waals surface area contributed by atoms with Gasteiger partial charge >= 0.3 is 0 Å². The summed E-state index contributed by atoms with van der Waals surface area (Å²) < 4.78 is 0. The van der Waals surface area contributed by atoms with Crippen LogP contribution in [0.1, 0.15) is 17.5 Å². The zero-order valence-corrected chi connectivity index (χ0v) is 9.53. The first-order chi connectivity index (χ1) is 7.65. The highest BCUT2D eigenvalue weighted by Gasteiger charge is 2.15. The summed E-state index contributed by atoms with van der Waals surface area (Å²) in [5.41, 5.74) is 2.17. The molecule has 0 radical (unpaired) electrons. The molecule has 2 heterocycles. The van der Waals surface area contributed by atoms with E-state index in [2.05, 4.69) is 16.4 Å². The standard InChI is InChI=1S/C12H15N3O/c1-15(2)6-5-9-7-10-3-4-11(16)14-12(10)13-8-9/h5-8H,3-4H2,1-2H3,(H,13,14,16)/b6-5+. The summed E-state index contributed by atoms with van der Waals surface area (Å²) >= 11 is 0. The number of hydrogen-bond donors (Lipinski definition) is 1. The van der Waals surface area contributed by atoms with Gasteiger partial charge in [-0.2, -0.15) is 0 Å². The molecule has 0 bridgehead atoms. The van der Waals surface area contributed by atoms with Gasteiger partial charge < -0.3 is 10.2 Å². The smallest absolute Gasteiger partial charge is 0.225 e. The number of anilines is 1. The van der Waals surface area contributed by atoms with Gasteiger partial charge in [-0.3, -0.25) is 4.79 Å². The number of carbonyl (C=O) groups excluding carboxylic acids is 1. The second-order valence-electron chi connectivity index (χ2n) is 4.10. The van der Waals surface area contributed by atoms with E-state index in [9.17, 15) is 4.79 Å². The van der Waals surface area contributed by atoms with Crippen molar-refractivity contribution in [1.29, 1.82) is 0 Å². The Hall–Kier alpha value is -1.84. The fraction of sp³-hybridized carbons (Fsp3) is 0.333. The summed E-state index contributed by atoms with van der Waals surface area (Å²) in [5.74, 6) is 0.759. The average molecular weight is 217 g/mol. The number of aryl methyl sites for hydroxylation is 1. The Labute approximate surface area is 95.0 Å². The van der Waals surface area contributed by atoms with Gasteiger partial charge in [0.25, 0.3) is 0 Å². The van der Waals surface area contributed by atoms with E-state index in [0.29, 0.717) is 12.2 Å². The molecular formula is C12H15N3O. The molecule has 0 atom stereocenters. The molecule has 1 aromatic rings. The van der Waals surface area contributed by atoms with Crippen LogP contribution in [0.3, 0.4) is 0 Å². The van der Waals surface area contributed by atoms with E-state index in [0.717, 1.165) is 17.5 Å². The minimum Gasteiger partial charge on any atom is -0.383 e. The highest BCUT2D eigenvalue weighted by molar-refractivity contribution is 5.92. The summed E-state index contributed by atoms with van der Waals surface area (Å²) in [6.07, 6.45) is 7.08. The monoisotopic (exact) mass is 217 g/mol.